The van der Waals surface area contributed by atoms with Crippen molar-refractivity contribution < 1.29 is 4.79 Å². The van der Waals surface area contributed by atoms with Gasteiger partial charge in [-0.2, -0.15) is 0 Å². The van der Waals surface area contributed by atoms with Crippen molar-refractivity contribution in [1.29, 1.82) is 0 Å². The van der Waals surface area contributed by atoms with Crippen LogP contribution < -0.4 is 5.32 Å². The Bertz CT molecular complexity index is 643. The fourth-order valence-corrected chi connectivity index (χ4v) is 2.67. The van der Waals surface area contributed by atoms with E-state index < -0.39 is 0 Å². The minimum Gasteiger partial charge on any atom is -0.321 e. The zero-order valence-corrected chi connectivity index (χ0v) is 13.9. The predicted octanol–water partition coefficient (Wildman–Crippen LogP) is 5.43. The Balaban J connectivity index is 2.28. The molecule has 2 aromatic rings. The third-order valence-corrected chi connectivity index (χ3v) is 3.93. The molecule has 1 N–H and O–H groups in total. The van der Waals surface area contributed by atoms with Crippen LogP contribution in [0, 0.1) is 6.92 Å². The van der Waals surface area contributed by atoms with E-state index in [-0.39, 0.29) is 5.91 Å². The standard InChI is InChI=1S/C14H10Br2ClNO/c1-8-6-9(15)2-4-11(8)14(19)18-13-7-10(16)3-5-12(13)17/h2-7H,1H3,(H,18,19). The normalized spacial score (nSPS) is 10.3. The van der Waals surface area contributed by atoms with E-state index in [2.05, 4.69) is 37.2 Å². The second-order valence-corrected chi connectivity index (χ2v) is 6.28. The molecule has 0 aliphatic carbocycles. The van der Waals surface area contributed by atoms with E-state index in [1.54, 1.807) is 18.2 Å². The van der Waals surface area contributed by atoms with Gasteiger partial charge in [-0.15, -0.1) is 0 Å². The number of halogens is 3. The quantitative estimate of drug-likeness (QED) is 0.712. The van der Waals surface area contributed by atoms with Crippen LogP contribution in [0.1, 0.15) is 15.9 Å². The highest BCUT2D eigenvalue weighted by Gasteiger charge is 2.11. The van der Waals surface area contributed by atoms with Crippen LogP contribution in [0.2, 0.25) is 5.02 Å². The molecule has 0 fully saturated rings. The molecule has 0 aliphatic rings. The van der Waals surface area contributed by atoms with E-state index in [0.29, 0.717) is 16.3 Å². The number of carbonyl (C=O) groups is 1. The lowest BCUT2D eigenvalue weighted by atomic mass is 10.1. The predicted molar refractivity (Wildman–Crippen MR) is 86.0 cm³/mol. The molecule has 0 spiro atoms. The number of aryl methyl sites for hydroxylation is 1. The number of anilines is 1. The fourth-order valence-electron chi connectivity index (χ4n) is 1.66. The molecule has 0 radical (unpaired) electrons. The molecule has 2 nitrogen and oxygen atoms in total. The number of benzene rings is 2. The minimum atomic E-state index is -0.176. The molecule has 0 aliphatic heterocycles. The van der Waals surface area contributed by atoms with Crippen molar-refractivity contribution in [2.24, 2.45) is 0 Å². The highest BCUT2D eigenvalue weighted by atomic mass is 79.9. The number of carbonyl (C=O) groups excluding carboxylic acids is 1. The van der Waals surface area contributed by atoms with Crippen LogP contribution >= 0.6 is 43.5 Å². The average molecular weight is 404 g/mol. The van der Waals surface area contributed by atoms with Gasteiger partial charge in [0.25, 0.3) is 5.91 Å². The second-order valence-electron chi connectivity index (χ2n) is 4.04. The Labute approximate surface area is 133 Å². The smallest absolute Gasteiger partial charge is 0.255 e. The van der Waals surface area contributed by atoms with Crippen molar-refractivity contribution in [2.45, 2.75) is 6.92 Å². The molecule has 0 atom stereocenters. The molecule has 0 unspecified atom stereocenters. The molecule has 5 heteroatoms. The monoisotopic (exact) mass is 401 g/mol. The number of hydrogen-bond acceptors (Lipinski definition) is 1. The SMILES string of the molecule is Cc1cc(Br)ccc1C(=O)Nc1cc(Br)ccc1Cl. The summed E-state index contributed by atoms with van der Waals surface area (Å²) in [6.45, 7) is 1.89. The topological polar surface area (TPSA) is 29.1 Å². The molecule has 0 heterocycles. The summed E-state index contributed by atoms with van der Waals surface area (Å²) < 4.78 is 1.81. The molecule has 19 heavy (non-hydrogen) atoms. The van der Waals surface area contributed by atoms with Gasteiger partial charge in [-0.05, 0) is 48.9 Å². The molecule has 2 aromatic carbocycles. The van der Waals surface area contributed by atoms with Crippen LogP contribution in [-0.2, 0) is 0 Å². The Morgan fingerprint density at radius 1 is 1.11 bits per heavy atom. The van der Waals surface area contributed by atoms with Crippen molar-refractivity contribution in [3.05, 3.63) is 61.5 Å². The van der Waals surface area contributed by atoms with Gasteiger partial charge in [-0.25, -0.2) is 0 Å². The van der Waals surface area contributed by atoms with Crippen LogP contribution in [0.4, 0.5) is 5.69 Å². The van der Waals surface area contributed by atoms with E-state index in [9.17, 15) is 4.79 Å². The molecular weight excluding hydrogens is 393 g/mol. The summed E-state index contributed by atoms with van der Waals surface area (Å²) in [6, 6.07) is 10.8. The van der Waals surface area contributed by atoms with Gasteiger partial charge >= 0.3 is 0 Å². The summed E-state index contributed by atoms with van der Waals surface area (Å²) in [7, 11) is 0. The first-order valence-corrected chi connectivity index (χ1v) is 7.46. The summed E-state index contributed by atoms with van der Waals surface area (Å²) >= 11 is 12.8. The first kappa shape index (κ1) is 14.6. The van der Waals surface area contributed by atoms with E-state index in [1.165, 1.54) is 0 Å². The summed E-state index contributed by atoms with van der Waals surface area (Å²) in [4.78, 5) is 12.2. The third-order valence-electron chi connectivity index (χ3n) is 2.61. The van der Waals surface area contributed by atoms with Crippen molar-refractivity contribution >= 4 is 55.1 Å². The number of rotatable bonds is 2. The van der Waals surface area contributed by atoms with Gasteiger partial charge in [0, 0.05) is 14.5 Å². The van der Waals surface area contributed by atoms with Crippen molar-refractivity contribution in [1.82, 2.24) is 0 Å². The zero-order valence-electron chi connectivity index (χ0n) is 10.0. The van der Waals surface area contributed by atoms with Gasteiger partial charge in [0.2, 0.25) is 0 Å². The Kier molecular flexibility index (Phi) is 4.66. The zero-order chi connectivity index (χ0) is 14.0. The number of nitrogens with one attached hydrogen (secondary N) is 1. The van der Waals surface area contributed by atoms with E-state index in [0.717, 1.165) is 14.5 Å². The van der Waals surface area contributed by atoms with E-state index in [1.807, 2.05) is 25.1 Å². The lowest BCUT2D eigenvalue weighted by Crippen LogP contribution is -2.13. The molecule has 98 valence electrons. The molecule has 0 saturated carbocycles. The van der Waals surface area contributed by atoms with Crippen molar-refractivity contribution in [3.63, 3.8) is 0 Å². The summed E-state index contributed by atoms with van der Waals surface area (Å²) in [5.41, 5.74) is 2.11. The lowest BCUT2D eigenvalue weighted by molar-refractivity contribution is 0.102. The lowest BCUT2D eigenvalue weighted by Gasteiger charge is -2.10. The molecule has 2 rings (SSSR count). The maximum absolute atomic E-state index is 12.2. The minimum absolute atomic E-state index is 0.176. The van der Waals surface area contributed by atoms with Gasteiger partial charge < -0.3 is 5.32 Å². The van der Waals surface area contributed by atoms with Crippen LogP contribution in [-0.4, -0.2) is 5.91 Å². The van der Waals surface area contributed by atoms with Crippen molar-refractivity contribution in [2.75, 3.05) is 5.32 Å². The third kappa shape index (κ3) is 3.59. The van der Waals surface area contributed by atoms with E-state index in [4.69, 9.17) is 11.6 Å². The van der Waals surface area contributed by atoms with Gasteiger partial charge in [0.05, 0.1) is 10.7 Å². The molecule has 1 amide bonds. The van der Waals surface area contributed by atoms with Crippen molar-refractivity contribution in [3.8, 4) is 0 Å². The van der Waals surface area contributed by atoms with Crippen LogP contribution in [0.5, 0.6) is 0 Å². The Morgan fingerprint density at radius 2 is 1.74 bits per heavy atom. The van der Waals surface area contributed by atoms with Gasteiger partial charge in [0.15, 0.2) is 0 Å². The van der Waals surface area contributed by atoms with Gasteiger partial charge in [-0.3, -0.25) is 4.79 Å². The molecule has 0 bridgehead atoms. The maximum Gasteiger partial charge on any atom is 0.255 e. The summed E-state index contributed by atoms with van der Waals surface area (Å²) in [5.74, 6) is -0.176. The average Bonchev–Trinajstić information content (AvgIpc) is 2.33. The highest BCUT2D eigenvalue weighted by molar-refractivity contribution is 9.10. The second kappa shape index (κ2) is 6.07. The van der Waals surface area contributed by atoms with Crippen LogP contribution in [0.15, 0.2) is 45.3 Å². The molecule has 0 saturated heterocycles. The molecular formula is C14H10Br2ClNO. The number of hydrogen-bond donors (Lipinski definition) is 1. The first-order chi connectivity index (χ1) is 8.97. The fraction of sp³-hybridized carbons (Fsp3) is 0.0714. The molecule has 0 aromatic heterocycles. The summed E-state index contributed by atoms with van der Waals surface area (Å²) in [5, 5.41) is 3.32. The van der Waals surface area contributed by atoms with E-state index >= 15 is 0 Å². The first-order valence-electron chi connectivity index (χ1n) is 5.50. The van der Waals surface area contributed by atoms with Crippen LogP contribution in [0.25, 0.3) is 0 Å². The van der Waals surface area contributed by atoms with Crippen LogP contribution in [0.3, 0.4) is 0 Å². The Morgan fingerprint density at radius 3 is 2.42 bits per heavy atom. The highest BCUT2D eigenvalue weighted by Crippen LogP contribution is 2.26. The maximum atomic E-state index is 12.2. The Hall–Kier alpha value is -0.840. The summed E-state index contributed by atoms with van der Waals surface area (Å²) in [6.07, 6.45) is 0. The largest absolute Gasteiger partial charge is 0.321 e. The van der Waals surface area contributed by atoms with Gasteiger partial charge in [-0.1, -0.05) is 43.5 Å². The number of amides is 1. The van der Waals surface area contributed by atoms with Gasteiger partial charge in [0.1, 0.15) is 0 Å².